The topological polar surface area (TPSA) is 38.8 Å². The maximum atomic E-state index is 13.1. The van der Waals surface area contributed by atoms with E-state index in [0.29, 0.717) is 31.7 Å². The Morgan fingerprint density at radius 2 is 2.00 bits per heavy atom. The second-order valence-electron chi connectivity index (χ2n) is 5.82. The highest BCUT2D eigenvalue weighted by Crippen LogP contribution is 2.41. The van der Waals surface area contributed by atoms with Crippen molar-refractivity contribution in [3.05, 3.63) is 29.3 Å². The smallest absolute Gasteiger partial charge is 0.381 e. The summed E-state index contributed by atoms with van der Waals surface area (Å²) >= 11 is 0. The minimum Gasteiger partial charge on any atom is -0.381 e. The molecule has 0 bridgehead atoms. The molecule has 126 valence electrons. The van der Waals surface area contributed by atoms with Gasteiger partial charge in [0, 0.05) is 45.4 Å². The second-order valence-corrected chi connectivity index (χ2v) is 5.82. The van der Waals surface area contributed by atoms with Crippen LogP contribution in [0.5, 0.6) is 0 Å². The minimum atomic E-state index is -4.41. The zero-order valence-corrected chi connectivity index (χ0v) is 12.8. The van der Waals surface area contributed by atoms with Gasteiger partial charge in [-0.1, -0.05) is 6.07 Å². The van der Waals surface area contributed by atoms with E-state index in [1.807, 2.05) is 0 Å². The lowest BCUT2D eigenvalue weighted by Gasteiger charge is -2.37. The average molecular weight is 329 g/mol. The summed E-state index contributed by atoms with van der Waals surface area (Å²) < 4.78 is 50.1. The molecular formula is C16H18F3NO3. The van der Waals surface area contributed by atoms with Gasteiger partial charge in [0.05, 0.1) is 5.56 Å². The highest BCUT2D eigenvalue weighted by Gasteiger charge is 2.46. The van der Waals surface area contributed by atoms with Crippen LogP contribution < -0.4 is 4.90 Å². The zero-order chi connectivity index (χ0) is 16.7. The summed E-state index contributed by atoms with van der Waals surface area (Å²) in [5, 5.41) is 0. The number of methoxy groups -OCH3 is 1. The Balaban J connectivity index is 1.95. The molecule has 1 aromatic rings. The van der Waals surface area contributed by atoms with E-state index in [4.69, 9.17) is 9.47 Å². The molecule has 0 unspecified atom stereocenters. The van der Waals surface area contributed by atoms with Crippen molar-refractivity contribution < 1.29 is 27.4 Å². The van der Waals surface area contributed by atoms with Gasteiger partial charge in [-0.15, -0.1) is 0 Å². The van der Waals surface area contributed by atoms with Gasteiger partial charge in [-0.25, -0.2) is 0 Å². The summed E-state index contributed by atoms with van der Waals surface area (Å²) in [5.41, 5.74) is -1.14. The first-order valence-electron chi connectivity index (χ1n) is 7.53. The molecule has 0 aromatic heterocycles. The third kappa shape index (κ3) is 2.72. The second kappa shape index (κ2) is 5.79. The van der Waals surface area contributed by atoms with Crippen molar-refractivity contribution in [2.45, 2.75) is 31.0 Å². The van der Waals surface area contributed by atoms with E-state index in [9.17, 15) is 18.0 Å². The number of anilines is 1. The van der Waals surface area contributed by atoms with E-state index in [1.165, 1.54) is 18.1 Å². The molecule has 0 radical (unpaired) electrons. The molecule has 2 heterocycles. The van der Waals surface area contributed by atoms with Crippen molar-refractivity contribution in [2.75, 3.05) is 31.8 Å². The number of nitrogens with zero attached hydrogens (tertiary/aromatic N) is 1. The number of fused-ring (bicyclic) bond motifs is 1. The maximum absolute atomic E-state index is 13.1. The van der Waals surface area contributed by atoms with Crippen LogP contribution in [0.2, 0.25) is 0 Å². The van der Waals surface area contributed by atoms with Crippen molar-refractivity contribution in [1.82, 2.24) is 0 Å². The van der Waals surface area contributed by atoms with Gasteiger partial charge in [-0.3, -0.25) is 4.79 Å². The first-order chi connectivity index (χ1) is 10.9. The van der Waals surface area contributed by atoms with Gasteiger partial charge in [0.1, 0.15) is 0 Å². The standard InChI is InChI=1S/C16H18F3NO3/c1-22-15(6-9-23-10-7-15)14(21)20-8-5-11-12(16(17,18)19)3-2-4-13(11)20/h2-4H,5-10H2,1H3. The van der Waals surface area contributed by atoms with Gasteiger partial charge < -0.3 is 14.4 Å². The fourth-order valence-electron chi connectivity index (χ4n) is 3.36. The molecule has 0 N–H and O–H groups in total. The number of carbonyl (C=O) groups is 1. The maximum Gasteiger partial charge on any atom is 0.416 e. The van der Waals surface area contributed by atoms with E-state index in [-0.39, 0.29) is 24.4 Å². The van der Waals surface area contributed by atoms with E-state index >= 15 is 0 Å². The number of hydrogen-bond donors (Lipinski definition) is 0. The van der Waals surface area contributed by atoms with Crippen molar-refractivity contribution in [1.29, 1.82) is 0 Å². The van der Waals surface area contributed by atoms with Gasteiger partial charge in [-0.05, 0) is 24.1 Å². The van der Waals surface area contributed by atoms with Crippen molar-refractivity contribution in [3.63, 3.8) is 0 Å². The number of hydrogen-bond acceptors (Lipinski definition) is 3. The van der Waals surface area contributed by atoms with Crippen molar-refractivity contribution in [3.8, 4) is 0 Å². The van der Waals surface area contributed by atoms with E-state index < -0.39 is 17.3 Å². The van der Waals surface area contributed by atoms with Crippen LogP contribution in [0.1, 0.15) is 24.0 Å². The van der Waals surface area contributed by atoms with Gasteiger partial charge in [0.15, 0.2) is 5.60 Å². The lowest BCUT2D eigenvalue weighted by atomic mass is 9.92. The molecule has 3 rings (SSSR count). The number of rotatable bonds is 2. The minimum absolute atomic E-state index is 0.187. The SMILES string of the molecule is COC1(C(=O)N2CCc3c2cccc3C(F)(F)F)CCOCC1. The van der Waals surface area contributed by atoms with Gasteiger partial charge in [-0.2, -0.15) is 13.2 Å². The van der Waals surface area contributed by atoms with Crippen LogP contribution >= 0.6 is 0 Å². The van der Waals surface area contributed by atoms with Crippen LogP contribution in [0.4, 0.5) is 18.9 Å². The van der Waals surface area contributed by atoms with Gasteiger partial charge in [0.25, 0.3) is 5.91 Å². The largest absolute Gasteiger partial charge is 0.416 e. The molecule has 1 amide bonds. The van der Waals surface area contributed by atoms with Crippen LogP contribution in [-0.2, 0) is 26.9 Å². The number of alkyl halides is 3. The Morgan fingerprint density at radius 1 is 1.30 bits per heavy atom. The summed E-state index contributed by atoms with van der Waals surface area (Å²) in [6.07, 6.45) is -3.39. The van der Waals surface area contributed by atoms with E-state index in [1.54, 1.807) is 6.07 Å². The van der Waals surface area contributed by atoms with Crippen LogP contribution in [0.15, 0.2) is 18.2 Å². The Morgan fingerprint density at radius 3 is 2.61 bits per heavy atom. The first-order valence-corrected chi connectivity index (χ1v) is 7.53. The molecule has 1 saturated heterocycles. The summed E-state index contributed by atoms with van der Waals surface area (Å²) in [6.45, 7) is 1.05. The van der Waals surface area contributed by atoms with E-state index in [2.05, 4.69) is 0 Å². The van der Waals surface area contributed by atoms with Crippen LogP contribution in [0, 0.1) is 0 Å². The number of carbonyl (C=O) groups excluding carboxylic acids is 1. The third-order valence-electron chi connectivity index (χ3n) is 4.66. The van der Waals surface area contributed by atoms with Crippen LogP contribution in [0.25, 0.3) is 0 Å². The summed E-state index contributed by atoms with van der Waals surface area (Å²) in [5.74, 6) is -0.277. The number of amides is 1. The Labute approximate surface area is 132 Å². The number of ether oxygens (including phenoxy) is 2. The zero-order valence-electron chi connectivity index (χ0n) is 12.8. The Kier molecular flexibility index (Phi) is 4.10. The molecule has 0 atom stereocenters. The molecule has 1 aromatic carbocycles. The highest BCUT2D eigenvalue weighted by molar-refractivity contribution is 6.01. The fraction of sp³-hybridized carbons (Fsp3) is 0.562. The van der Waals surface area contributed by atoms with Gasteiger partial charge in [0.2, 0.25) is 0 Å². The first kappa shape index (κ1) is 16.3. The van der Waals surface area contributed by atoms with E-state index in [0.717, 1.165) is 6.07 Å². The predicted octanol–water partition coefficient (Wildman–Crippen LogP) is 2.79. The molecule has 0 saturated carbocycles. The fourth-order valence-corrected chi connectivity index (χ4v) is 3.36. The monoisotopic (exact) mass is 329 g/mol. The normalized spacial score (nSPS) is 20.4. The Bertz CT molecular complexity index is 609. The quantitative estimate of drug-likeness (QED) is 0.837. The molecule has 1 fully saturated rings. The van der Waals surface area contributed by atoms with Crippen LogP contribution in [0.3, 0.4) is 0 Å². The summed E-state index contributed by atoms with van der Waals surface area (Å²) in [7, 11) is 1.46. The lowest BCUT2D eigenvalue weighted by molar-refractivity contribution is -0.152. The number of halogens is 3. The van der Waals surface area contributed by atoms with Gasteiger partial charge >= 0.3 is 6.18 Å². The van der Waals surface area contributed by atoms with Crippen LogP contribution in [-0.4, -0.2) is 38.4 Å². The summed E-state index contributed by atoms with van der Waals surface area (Å²) in [6, 6.07) is 3.97. The molecule has 7 heteroatoms. The Hall–Kier alpha value is -1.60. The third-order valence-corrected chi connectivity index (χ3v) is 4.66. The molecule has 2 aliphatic rings. The predicted molar refractivity (Wildman–Crippen MR) is 77.3 cm³/mol. The molecule has 0 spiro atoms. The molecule has 23 heavy (non-hydrogen) atoms. The average Bonchev–Trinajstić information content (AvgIpc) is 2.97. The highest BCUT2D eigenvalue weighted by atomic mass is 19.4. The molecule has 2 aliphatic heterocycles. The lowest BCUT2D eigenvalue weighted by Crippen LogP contribution is -2.53. The molecular weight excluding hydrogens is 311 g/mol. The van der Waals surface area contributed by atoms with Crippen molar-refractivity contribution in [2.24, 2.45) is 0 Å². The number of benzene rings is 1. The molecule has 0 aliphatic carbocycles. The molecule has 4 nitrogen and oxygen atoms in total. The summed E-state index contributed by atoms with van der Waals surface area (Å²) in [4.78, 5) is 14.4. The van der Waals surface area contributed by atoms with Crippen molar-refractivity contribution >= 4 is 11.6 Å².